The van der Waals surface area contributed by atoms with E-state index in [4.69, 9.17) is 0 Å². The molecule has 0 saturated heterocycles. The summed E-state index contributed by atoms with van der Waals surface area (Å²) in [7, 11) is -1.48. The Balaban J connectivity index is 2.20. The van der Waals surface area contributed by atoms with E-state index in [2.05, 4.69) is 4.18 Å². The van der Waals surface area contributed by atoms with Crippen LogP contribution < -0.4 is 9.08 Å². The lowest BCUT2D eigenvalue weighted by Gasteiger charge is -2.17. The summed E-state index contributed by atoms with van der Waals surface area (Å²) >= 11 is 0. The number of hydrogen-bond donors (Lipinski definition) is 0. The Bertz CT molecular complexity index is 1170. The zero-order valence-electron chi connectivity index (χ0n) is 14.4. The van der Waals surface area contributed by atoms with Crippen molar-refractivity contribution in [2.75, 3.05) is 19.0 Å². The largest absolute Gasteiger partial charge is 0.377 e. The van der Waals surface area contributed by atoms with Gasteiger partial charge in [0.2, 0.25) is 34.8 Å². The van der Waals surface area contributed by atoms with E-state index in [0.29, 0.717) is 11.1 Å². The van der Waals surface area contributed by atoms with Crippen LogP contribution in [0.5, 0.6) is 5.75 Å². The number of anilines is 1. The number of hydrogen-bond acceptors (Lipinski definition) is 4. The fourth-order valence-corrected chi connectivity index (χ4v) is 3.83. The van der Waals surface area contributed by atoms with Crippen molar-refractivity contribution in [2.24, 2.45) is 0 Å². The first-order valence-corrected chi connectivity index (χ1v) is 9.12. The molecule has 148 valence electrons. The first-order valence-electron chi connectivity index (χ1n) is 7.71. The second-order valence-corrected chi connectivity index (χ2v) is 7.47. The number of rotatable bonds is 4. The molecule has 0 aliphatic carbocycles. The van der Waals surface area contributed by atoms with Gasteiger partial charge in [0, 0.05) is 30.6 Å². The Morgan fingerprint density at radius 2 is 1.25 bits per heavy atom. The van der Waals surface area contributed by atoms with Gasteiger partial charge in [-0.3, -0.25) is 0 Å². The van der Waals surface area contributed by atoms with Crippen LogP contribution in [-0.2, 0) is 10.1 Å². The summed E-state index contributed by atoms with van der Waals surface area (Å²) < 4.78 is 97.0. The lowest BCUT2D eigenvalue weighted by atomic mass is 10.1. The fourth-order valence-electron chi connectivity index (χ4n) is 2.69. The molecule has 0 aromatic heterocycles. The molecule has 0 amide bonds. The Labute approximate surface area is 156 Å². The topological polar surface area (TPSA) is 46.6 Å². The highest BCUT2D eigenvalue weighted by molar-refractivity contribution is 7.87. The van der Waals surface area contributed by atoms with Crippen LogP contribution in [0.1, 0.15) is 0 Å². The Morgan fingerprint density at radius 1 is 0.750 bits per heavy atom. The van der Waals surface area contributed by atoms with E-state index in [9.17, 15) is 30.4 Å². The van der Waals surface area contributed by atoms with Crippen LogP contribution in [0.25, 0.3) is 10.8 Å². The molecule has 3 rings (SSSR count). The fraction of sp³-hybridized carbons (Fsp3) is 0.111. The summed E-state index contributed by atoms with van der Waals surface area (Å²) in [6, 6.07) is 8.77. The van der Waals surface area contributed by atoms with Crippen molar-refractivity contribution < 1.29 is 34.6 Å². The van der Waals surface area contributed by atoms with Gasteiger partial charge in [0.1, 0.15) is 4.90 Å². The van der Waals surface area contributed by atoms with Crippen LogP contribution >= 0.6 is 0 Å². The van der Waals surface area contributed by atoms with Crippen molar-refractivity contribution in [1.82, 2.24) is 0 Å². The van der Waals surface area contributed by atoms with Gasteiger partial charge >= 0.3 is 10.1 Å². The van der Waals surface area contributed by atoms with Crippen LogP contribution in [-0.4, -0.2) is 22.5 Å². The molecule has 0 radical (unpaired) electrons. The van der Waals surface area contributed by atoms with Gasteiger partial charge in [-0.25, -0.2) is 13.2 Å². The zero-order chi connectivity index (χ0) is 20.8. The molecule has 3 aromatic rings. The van der Waals surface area contributed by atoms with Crippen LogP contribution in [0, 0.1) is 29.1 Å². The maximum atomic E-state index is 13.8. The van der Waals surface area contributed by atoms with Gasteiger partial charge in [0.25, 0.3) is 0 Å². The van der Waals surface area contributed by atoms with Crippen LogP contribution in [0.15, 0.2) is 41.3 Å². The minimum absolute atomic E-state index is 0.151. The third kappa shape index (κ3) is 3.13. The molecular weight excluding hydrogens is 405 g/mol. The molecule has 10 heteroatoms. The minimum Gasteiger partial charge on any atom is -0.377 e. The summed E-state index contributed by atoms with van der Waals surface area (Å²) in [4.78, 5) is 1.22. The van der Waals surface area contributed by atoms with Crippen molar-refractivity contribution >= 4 is 26.6 Å². The van der Waals surface area contributed by atoms with E-state index in [-0.39, 0.29) is 5.39 Å². The molecule has 0 N–H and O–H groups in total. The van der Waals surface area contributed by atoms with Crippen molar-refractivity contribution in [3.8, 4) is 5.75 Å². The van der Waals surface area contributed by atoms with Crippen molar-refractivity contribution in [3.05, 3.63) is 65.5 Å². The average molecular weight is 417 g/mol. The van der Waals surface area contributed by atoms with E-state index in [1.807, 2.05) is 0 Å². The van der Waals surface area contributed by atoms with Crippen molar-refractivity contribution in [3.63, 3.8) is 0 Å². The monoisotopic (exact) mass is 417 g/mol. The van der Waals surface area contributed by atoms with Crippen LogP contribution in [0.4, 0.5) is 27.6 Å². The third-order valence-corrected chi connectivity index (χ3v) is 5.25. The summed E-state index contributed by atoms with van der Waals surface area (Å²) in [5.74, 6) is -13.7. The second-order valence-electron chi connectivity index (χ2n) is 5.96. The molecule has 0 bridgehead atoms. The Hall–Kier alpha value is -2.88. The molecule has 28 heavy (non-hydrogen) atoms. The van der Waals surface area contributed by atoms with Crippen LogP contribution in [0.3, 0.4) is 0 Å². The molecule has 0 aliphatic heterocycles. The van der Waals surface area contributed by atoms with Gasteiger partial charge in [-0.1, -0.05) is 24.3 Å². The SMILES string of the molecule is CN(C)c1cccc2c(S(=O)(=O)Oc3c(F)c(F)c(F)c(F)c3F)cccc12. The third-order valence-electron chi connectivity index (χ3n) is 3.97. The van der Waals surface area contributed by atoms with Gasteiger partial charge < -0.3 is 9.08 Å². The van der Waals surface area contributed by atoms with Crippen molar-refractivity contribution in [2.45, 2.75) is 4.90 Å². The Morgan fingerprint density at radius 3 is 1.82 bits per heavy atom. The first-order chi connectivity index (χ1) is 13.1. The van der Waals surface area contributed by atoms with Gasteiger partial charge in [0.05, 0.1) is 0 Å². The number of benzene rings is 3. The molecule has 0 unspecified atom stereocenters. The van der Waals surface area contributed by atoms with E-state index >= 15 is 0 Å². The molecule has 0 fully saturated rings. The number of fused-ring (bicyclic) bond motifs is 1. The maximum absolute atomic E-state index is 13.8. The lowest BCUT2D eigenvalue weighted by Crippen LogP contribution is -2.15. The highest BCUT2D eigenvalue weighted by Gasteiger charge is 2.31. The smallest absolute Gasteiger partial charge is 0.340 e. The van der Waals surface area contributed by atoms with E-state index in [1.165, 1.54) is 12.1 Å². The molecule has 3 aromatic carbocycles. The summed E-state index contributed by atoms with van der Waals surface area (Å²) in [5.41, 5.74) is 0.644. The maximum Gasteiger partial charge on any atom is 0.340 e. The molecule has 4 nitrogen and oxygen atoms in total. The molecular formula is C18H12F5NO3S. The van der Waals surface area contributed by atoms with Gasteiger partial charge in [-0.15, -0.1) is 0 Å². The van der Waals surface area contributed by atoms with E-state index in [1.54, 1.807) is 37.2 Å². The predicted octanol–water partition coefficient (Wildman–Crippen LogP) is 4.37. The summed E-state index contributed by atoms with van der Waals surface area (Å²) in [5, 5.41) is 0.632. The predicted molar refractivity (Wildman–Crippen MR) is 92.3 cm³/mol. The van der Waals surface area contributed by atoms with Gasteiger partial charge in [-0.05, 0) is 12.1 Å². The average Bonchev–Trinajstić information content (AvgIpc) is 2.67. The van der Waals surface area contributed by atoms with Gasteiger partial charge in [0.15, 0.2) is 0 Å². The molecule has 0 aliphatic rings. The standard InChI is InChI=1S/C18H12F5NO3S/c1-24(2)11-7-3-6-10-9(11)5-4-8-12(10)28(25,26)27-18-16(22)14(20)13(19)15(21)17(18)23/h3-8H,1-2H3. The molecule has 0 saturated carbocycles. The molecule has 0 heterocycles. The first kappa shape index (κ1) is 19.9. The zero-order valence-corrected chi connectivity index (χ0v) is 15.3. The van der Waals surface area contributed by atoms with E-state index < -0.39 is 49.8 Å². The molecule has 0 spiro atoms. The summed E-state index contributed by atoms with van der Waals surface area (Å²) in [6.45, 7) is 0. The number of nitrogens with zero attached hydrogens (tertiary/aromatic N) is 1. The number of halogens is 5. The lowest BCUT2D eigenvalue weighted by molar-refractivity contribution is 0.347. The molecule has 0 atom stereocenters. The second kappa shape index (κ2) is 6.93. The van der Waals surface area contributed by atoms with Gasteiger partial charge in [-0.2, -0.15) is 17.2 Å². The van der Waals surface area contributed by atoms with E-state index in [0.717, 1.165) is 6.07 Å². The highest BCUT2D eigenvalue weighted by atomic mass is 32.2. The quantitative estimate of drug-likeness (QED) is 0.274. The van der Waals surface area contributed by atoms with Crippen LogP contribution in [0.2, 0.25) is 0 Å². The normalized spacial score (nSPS) is 11.7. The van der Waals surface area contributed by atoms with Crippen molar-refractivity contribution in [1.29, 1.82) is 0 Å². The Kier molecular flexibility index (Phi) is 4.92. The highest BCUT2D eigenvalue weighted by Crippen LogP contribution is 2.34. The summed E-state index contributed by atoms with van der Waals surface area (Å²) in [6.07, 6.45) is 0. The minimum atomic E-state index is -4.93.